The third kappa shape index (κ3) is 3.66. The van der Waals surface area contributed by atoms with Crippen LogP contribution in [0.4, 0.5) is 15.3 Å². The highest BCUT2D eigenvalue weighted by molar-refractivity contribution is 6.02. The van der Waals surface area contributed by atoms with Crippen LogP contribution >= 0.6 is 0 Å². The fourth-order valence-corrected chi connectivity index (χ4v) is 3.21. The Bertz CT molecular complexity index is 677. The van der Waals surface area contributed by atoms with Gasteiger partial charge in [0.05, 0.1) is 20.8 Å². The molecule has 2 N–H and O–H groups in total. The average Bonchev–Trinajstić information content (AvgIpc) is 2.99. The molecule has 140 valence electrons. The van der Waals surface area contributed by atoms with Gasteiger partial charge < -0.3 is 25.0 Å². The lowest BCUT2D eigenvalue weighted by molar-refractivity contribution is -0.127. The normalized spacial score (nSPS) is 17.9. The Morgan fingerprint density at radius 1 is 1.12 bits per heavy atom. The van der Waals surface area contributed by atoms with Crippen LogP contribution in [0.25, 0.3) is 0 Å². The summed E-state index contributed by atoms with van der Waals surface area (Å²) in [5.41, 5.74) is 0.572. The van der Waals surface area contributed by atoms with E-state index in [2.05, 4.69) is 10.6 Å². The maximum atomic E-state index is 12.5. The number of rotatable bonds is 4. The van der Waals surface area contributed by atoms with Gasteiger partial charge in [0.25, 0.3) is 0 Å². The molecular weight excluding hydrogens is 340 g/mol. The summed E-state index contributed by atoms with van der Waals surface area (Å²) in [5.74, 6) is 0.954. The second-order valence-corrected chi connectivity index (χ2v) is 6.17. The van der Waals surface area contributed by atoms with Crippen LogP contribution in [-0.2, 0) is 4.79 Å². The molecule has 0 saturated carbocycles. The largest absolute Gasteiger partial charge is 0.497 e. The summed E-state index contributed by atoms with van der Waals surface area (Å²) in [5, 5.41) is 5.36. The zero-order valence-electron chi connectivity index (χ0n) is 14.8. The van der Waals surface area contributed by atoms with E-state index in [1.165, 1.54) is 4.90 Å². The maximum Gasteiger partial charge on any atom is 0.324 e. The van der Waals surface area contributed by atoms with Gasteiger partial charge in [0.2, 0.25) is 5.91 Å². The molecule has 2 aliphatic rings. The molecule has 0 atom stereocenters. The lowest BCUT2D eigenvalue weighted by Crippen LogP contribution is -2.49. The molecule has 2 fully saturated rings. The second-order valence-electron chi connectivity index (χ2n) is 6.17. The minimum absolute atomic E-state index is 0.0528. The van der Waals surface area contributed by atoms with Gasteiger partial charge in [-0.25, -0.2) is 9.59 Å². The number of likely N-dealkylation sites (tertiary alicyclic amines) is 1. The predicted octanol–water partition coefficient (Wildman–Crippen LogP) is 1.25. The van der Waals surface area contributed by atoms with E-state index in [0.717, 1.165) is 0 Å². The third-order valence-corrected chi connectivity index (χ3v) is 4.60. The number of ether oxygens (including phenoxy) is 2. The number of benzene rings is 1. The van der Waals surface area contributed by atoms with Crippen molar-refractivity contribution >= 4 is 23.7 Å². The summed E-state index contributed by atoms with van der Waals surface area (Å²) < 4.78 is 10.4. The first kappa shape index (κ1) is 17.8. The van der Waals surface area contributed by atoms with Crippen molar-refractivity contribution in [3.05, 3.63) is 18.2 Å². The number of hydrogen-bond donors (Lipinski definition) is 2. The number of amides is 5. The molecule has 26 heavy (non-hydrogen) atoms. The molecule has 0 spiro atoms. The Kier molecular flexibility index (Phi) is 5.15. The molecule has 1 aromatic carbocycles. The van der Waals surface area contributed by atoms with E-state index in [0.29, 0.717) is 43.1 Å². The molecule has 0 aliphatic carbocycles. The molecule has 1 aromatic rings. The van der Waals surface area contributed by atoms with Crippen LogP contribution < -0.4 is 20.1 Å². The standard InChI is InChI=1S/C17H22N4O5/c1-25-13-7-11(8-14(9-13)26-2)19-17(24)20-5-3-12(4-6-20)21-15(22)10-18-16(21)23/h7-9,12H,3-6,10H2,1-2H3,(H,18,23)(H,19,24). The van der Waals surface area contributed by atoms with Crippen molar-refractivity contribution in [1.29, 1.82) is 0 Å². The van der Waals surface area contributed by atoms with E-state index in [9.17, 15) is 14.4 Å². The molecular formula is C17H22N4O5. The summed E-state index contributed by atoms with van der Waals surface area (Å²) in [6.45, 7) is 0.987. The maximum absolute atomic E-state index is 12.5. The first-order valence-corrected chi connectivity index (χ1v) is 8.40. The van der Waals surface area contributed by atoms with Crippen LogP contribution in [0.5, 0.6) is 11.5 Å². The predicted molar refractivity (Wildman–Crippen MR) is 93.4 cm³/mol. The van der Waals surface area contributed by atoms with E-state index < -0.39 is 0 Å². The summed E-state index contributed by atoms with van der Waals surface area (Å²) in [6.07, 6.45) is 1.13. The lowest BCUT2D eigenvalue weighted by Gasteiger charge is -2.35. The summed E-state index contributed by atoms with van der Waals surface area (Å²) in [6, 6.07) is 4.39. The molecule has 2 heterocycles. The topological polar surface area (TPSA) is 100 Å². The molecule has 5 amide bonds. The number of methoxy groups -OCH3 is 2. The van der Waals surface area contributed by atoms with E-state index in [-0.39, 0.29) is 30.6 Å². The van der Waals surface area contributed by atoms with Crippen LogP contribution in [0.15, 0.2) is 18.2 Å². The number of anilines is 1. The first-order valence-electron chi connectivity index (χ1n) is 8.40. The van der Waals surface area contributed by atoms with Gasteiger partial charge in [-0.3, -0.25) is 9.69 Å². The van der Waals surface area contributed by atoms with Gasteiger partial charge in [-0.05, 0) is 12.8 Å². The number of carbonyl (C=O) groups is 3. The lowest BCUT2D eigenvalue weighted by atomic mass is 10.0. The number of carbonyl (C=O) groups excluding carboxylic acids is 3. The van der Waals surface area contributed by atoms with Gasteiger partial charge >= 0.3 is 12.1 Å². The van der Waals surface area contributed by atoms with Crippen LogP contribution in [0.1, 0.15) is 12.8 Å². The number of nitrogens with one attached hydrogen (secondary N) is 2. The highest BCUT2D eigenvalue weighted by atomic mass is 16.5. The SMILES string of the molecule is COc1cc(NC(=O)N2CCC(N3C(=O)CNC3=O)CC2)cc(OC)c1. The van der Waals surface area contributed by atoms with Gasteiger partial charge in [-0.2, -0.15) is 0 Å². The van der Waals surface area contributed by atoms with Crippen molar-refractivity contribution in [3.63, 3.8) is 0 Å². The van der Waals surface area contributed by atoms with Gasteiger partial charge in [0, 0.05) is 43.0 Å². The Morgan fingerprint density at radius 2 is 1.73 bits per heavy atom. The number of nitrogens with zero attached hydrogens (tertiary/aromatic N) is 2. The minimum Gasteiger partial charge on any atom is -0.497 e. The highest BCUT2D eigenvalue weighted by Crippen LogP contribution is 2.26. The summed E-state index contributed by atoms with van der Waals surface area (Å²) in [7, 11) is 3.09. The fraction of sp³-hybridized carbons (Fsp3) is 0.471. The van der Waals surface area contributed by atoms with E-state index in [1.807, 2.05) is 0 Å². The van der Waals surface area contributed by atoms with Gasteiger partial charge in [-0.1, -0.05) is 0 Å². The Labute approximate surface area is 151 Å². The summed E-state index contributed by atoms with van der Waals surface area (Å²) in [4.78, 5) is 39.0. The van der Waals surface area contributed by atoms with Gasteiger partial charge in [0.15, 0.2) is 0 Å². The molecule has 0 radical (unpaired) electrons. The molecule has 0 unspecified atom stereocenters. The van der Waals surface area contributed by atoms with Crippen molar-refractivity contribution in [2.24, 2.45) is 0 Å². The minimum atomic E-state index is -0.346. The van der Waals surface area contributed by atoms with Gasteiger partial charge in [0.1, 0.15) is 11.5 Å². The quantitative estimate of drug-likeness (QED) is 0.785. The van der Waals surface area contributed by atoms with Crippen molar-refractivity contribution in [2.45, 2.75) is 18.9 Å². The fourth-order valence-electron chi connectivity index (χ4n) is 3.21. The number of piperidine rings is 1. The monoisotopic (exact) mass is 362 g/mol. The molecule has 9 heteroatoms. The van der Waals surface area contributed by atoms with E-state index >= 15 is 0 Å². The smallest absolute Gasteiger partial charge is 0.324 e. The van der Waals surface area contributed by atoms with Crippen molar-refractivity contribution < 1.29 is 23.9 Å². The first-order chi connectivity index (χ1) is 12.5. The average molecular weight is 362 g/mol. The number of hydrogen-bond acceptors (Lipinski definition) is 5. The number of imide groups is 1. The van der Waals surface area contributed by atoms with Crippen LogP contribution in [-0.4, -0.2) is 67.7 Å². The Morgan fingerprint density at radius 3 is 2.23 bits per heavy atom. The Balaban J connectivity index is 1.59. The van der Waals surface area contributed by atoms with Crippen molar-refractivity contribution in [2.75, 3.05) is 39.2 Å². The van der Waals surface area contributed by atoms with E-state index in [1.54, 1.807) is 37.3 Å². The van der Waals surface area contributed by atoms with Crippen LogP contribution in [0.2, 0.25) is 0 Å². The van der Waals surface area contributed by atoms with E-state index in [4.69, 9.17) is 9.47 Å². The molecule has 3 rings (SSSR count). The molecule has 9 nitrogen and oxygen atoms in total. The van der Waals surface area contributed by atoms with Crippen LogP contribution in [0, 0.1) is 0 Å². The third-order valence-electron chi connectivity index (χ3n) is 4.60. The van der Waals surface area contributed by atoms with Crippen molar-refractivity contribution in [3.8, 4) is 11.5 Å². The number of urea groups is 2. The molecule has 0 aromatic heterocycles. The summed E-state index contributed by atoms with van der Waals surface area (Å²) >= 11 is 0. The molecule has 0 bridgehead atoms. The van der Waals surface area contributed by atoms with Crippen LogP contribution in [0.3, 0.4) is 0 Å². The molecule has 2 aliphatic heterocycles. The van der Waals surface area contributed by atoms with Crippen molar-refractivity contribution in [1.82, 2.24) is 15.1 Å². The van der Waals surface area contributed by atoms with Gasteiger partial charge in [-0.15, -0.1) is 0 Å². The zero-order chi connectivity index (χ0) is 18.7. The Hall–Kier alpha value is -2.97. The second kappa shape index (κ2) is 7.51. The highest BCUT2D eigenvalue weighted by Gasteiger charge is 2.37. The molecule has 2 saturated heterocycles. The zero-order valence-corrected chi connectivity index (χ0v) is 14.8.